The van der Waals surface area contributed by atoms with Crippen LogP contribution in [0.3, 0.4) is 0 Å². The number of carbonyl (C=O) groups excluding carboxylic acids is 1. The molecule has 0 saturated heterocycles. The van der Waals surface area contributed by atoms with Crippen LogP contribution < -0.4 is 5.32 Å². The number of benzene rings is 1. The average Bonchev–Trinajstić information content (AvgIpc) is 2.97. The highest BCUT2D eigenvalue weighted by molar-refractivity contribution is 6.31. The molecule has 0 spiro atoms. The summed E-state index contributed by atoms with van der Waals surface area (Å²) < 4.78 is 5.36. The molecule has 4 nitrogen and oxygen atoms in total. The molecule has 4 heteroatoms. The highest BCUT2D eigenvalue weighted by atomic mass is 16.3. The summed E-state index contributed by atoms with van der Waals surface area (Å²) in [7, 11) is 3.80. The first-order valence-electron chi connectivity index (χ1n) is 6.03. The molecule has 0 radical (unpaired) electrons. The molecule has 96 valence electrons. The van der Waals surface area contributed by atoms with Gasteiger partial charge in [-0.1, -0.05) is 12.1 Å². The number of anilines is 1. The lowest BCUT2D eigenvalue weighted by atomic mass is 10.0. The lowest BCUT2D eigenvalue weighted by Crippen LogP contribution is -2.08. The second-order valence-corrected chi connectivity index (χ2v) is 4.70. The van der Waals surface area contributed by atoms with Crippen LogP contribution in [0.2, 0.25) is 0 Å². The zero-order valence-electron chi connectivity index (χ0n) is 10.8. The molecule has 2 heterocycles. The molecule has 1 aromatic heterocycles. The summed E-state index contributed by atoms with van der Waals surface area (Å²) in [4.78, 5) is 13.8. The Hall–Kier alpha value is -2.49. The standard InChI is InChI=1S/C15H14N2O2/c1-17(2)9-12-11-6-5-10(14-4-3-7-19-14)8-13(11)16-15(12)18/h3-9H,1-2H3,(H,16,18). The number of fused-ring (bicyclic) bond motifs is 1. The van der Waals surface area contributed by atoms with Crippen LogP contribution in [0, 0.1) is 0 Å². The molecule has 0 atom stereocenters. The molecule has 0 aliphatic carbocycles. The van der Waals surface area contributed by atoms with Crippen molar-refractivity contribution < 1.29 is 9.21 Å². The van der Waals surface area contributed by atoms with E-state index in [1.807, 2.05) is 55.5 Å². The van der Waals surface area contributed by atoms with Crippen LogP contribution in [-0.2, 0) is 4.79 Å². The predicted molar refractivity (Wildman–Crippen MR) is 74.4 cm³/mol. The summed E-state index contributed by atoms with van der Waals surface area (Å²) in [5.41, 5.74) is 3.39. The summed E-state index contributed by atoms with van der Waals surface area (Å²) in [6.07, 6.45) is 3.46. The first kappa shape index (κ1) is 11.6. The molecule has 1 N–H and O–H groups in total. The van der Waals surface area contributed by atoms with Crippen LogP contribution in [0.25, 0.3) is 16.9 Å². The van der Waals surface area contributed by atoms with Crippen LogP contribution >= 0.6 is 0 Å². The molecule has 1 aliphatic rings. The summed E-state index contributed by atoms with van der Waals surface area (Å²) in [5.74, 6) is 0.724. The molecule has 1 amide bonds. The third-order valence-electron chi connectivity index (χ3n) is 3.00. The average molecular weight is 254 g/mol. The highest BCUT2D eigenvalue weighted by Crippen LogP contribution is 2.35. The van der Waals surface area contributed by atoms with E-state index in [1.54, 1.807) is 6.26 Å². The van der Waals surface area contributed by atoms with Gasteiger partial charge in [-0.25, -0.2) is 0 Å². The van der Waals surface area contributed by atoms with Gasteiger partial charge in [0.2, 0.25) is 0 Å². The lowest BCUT2D eigenvalue weighted by molar-refractivity contribution is -0.110. The van der Waals surface area contributed by atoms with Crippen molar-refractivity contribution in [1.29, 1.82) is 0 Å². The fourth-order valence-electron chi connectivity index (χ4n) is 2.18. The lowest BCUT2D eigenvalue weighted by Gasteiger charge is -2.06. The van der Waals surface area contributed by atoms with Gasteiger partial charge in [0.15, 0.2) is 0 Å². The first-order chi connectivity index (χ1) is 9.15. The van der Waals surface area contributed by atoms with Crippen molar-refractivity contribution in [2.24, 2.45) is 0 Å². The molecule has 1 aliphatic heterocycles. The molecular formula is C15H14N2O2. The summed E-state index contributed by atoms with van der Waals surface area (Å²) >= 11 is 0. The number of rotatable bonds is 2. The normalized spacial score (nSPS) is 15.5. The molecule has 0 bridgehead atoms. The third-order valence-corrected chi connectivity index (χ3v) is 3.00. The Kier molecular flexibility index (Phi) is 2.63. The number of hydrogen-bond acceptors (Lipinski definition) is 3. The van der Waals surface area contributed by atoms with Crippen molar-refractivity contribution in [3.63, 3.8) is 0 Å². The molecular weight excluding hydrogens is 240 g/mol. The minimum Gasteiger partial charge on any atom is -0.464 e. The molecule has 1 aromatic carbocycles. The third kappa shape index (κ3) is 2.01. The van der Waals surface area contributed by atoms with Gasteiger partial charge in [0, 0.05) is 37.1 Å². The van der Waals surface area contributed by atoms with Crippen molar-refractivity contribution in [3.8, 4) is 11.3 Å². The molecule has 3 rings (SSSR count). The van der Waals surface area contributed by atoms with Gasteiger partial charge < -0.3 is 14.6 Å². The molecule has 0 fully saturated rings. The zero-order valence-corrected chi connectivity index (χ0v) is 10.8. The second-order valence-electron chi connectivity index (χ2n) is 4.70. The Morgan fingerprint density at radius 1 is 1.26 bits per heavy atom. The number of hydrogen-bond donors (Lipinski definition) is 1. The zero-order chi connectivity index (χ0) is 13.4. The quantitative estimate of drug-likeness (QED) is 0.838. The highest BCUT2D eigenvalue weighted by Gasteiger charge is 2.24. The van der Waals surface area contributed by atoms with Gasteiger partial charge in [-0.2, -0.15) is 0 Å². The maximum Gasteiger partial charge on any atom is 0.257 e. The smallest absolute Gasteiger partial charge is 0.257 e. The van der Waals surface area contributed by atoms with Gasteiger partial charge in [-0.15, -0.1) is 0 Å². The van der Waals surface area contributed by atoms with Crippen molar-refractivity contribution in [2.45, 2.75) is 0 Å². The maximum atomic E-state index is 11.9. The topological polar surface area (TPSA) is 45.5 Å². The summed E-state index contributed by atoms with van der Waals surface area (Å²) in [6.45, 7) is 0. The summed E-state index contributed by atoms with van der Waals surface area (Å²) in [6, 6.07) is 9.58. The van der Waals surface area contributed by atoms with Gasteiger partial charge in [-0.05, 0) is 18.2 Å². The van der Waals surface area contributed by atoms with Gasteiger partial charge in [0.25, 0.3) is 5.91 Å². The molecule has 19 heavy (non-hydrogen) atoms. The van der Waals surface area contributed by atoms with Crippen LogP contribution in [0.5, 0.6) is 0 Å². The second kappa shape index (κ2) is 4.31. The van der Waals surface area contributed by atoms with E-state index in [-0.39, 0.29) is 5.91 Å². The first-order valence-corrected chi connectivity index (χ1v) is 6.03. The van der Waals surface area contributed by atoms with E-state index in [2.05, 4.69) is 5.32 Å². The minimum atomic E-state index is -0.0692. The van der Waals surface area contributed by atoms with E-state index >= 15 is 0 Å². The molecule has 0 unspecified atom stereocenters. The Labute approximate surface area is 111 Å². The fourth-order valence-corrected chi connectivity index (χ4v) is 2.18. The van der Waals surface area contributed by atoms with Crippen molar-refractivity contribution in [3.05, 3.63) is 48.4 Å². The Bertz CT molecular complexity index is 655. The fraction of sp³-hybridized carbons (Fsp3) is 0.133. The maximum absolute atomic E-state index is 11.9. The van der Waals surface area contributed by atoms with Crippen LogP contribution in [-0.4, -0.2) is 24.9 Å². The Morgan fingerprint density at radius 3 is 2.79 bits per heavy atom. The SMILES string of the molecule is CN(C)C=C1C(=O)Nc2cc(-c3ccco3)ccc21. The van der Waals surface area contributed by atoms with E-state index < -0.39 is 0 Å². The summed E-state index contributed by atoms with van der Waals surface area (Å²) in [5, 5.41) is 2.88. The van der Waals surface area contributed by atoms with Gasteiger partial charge in [-0.3, -0.25) is 4.79 Å². The van der Waals surface area contributed by atoms with E-state index in [0.717, 1.165) is 22.6 Å². The van der Waals surface area contributed by atoms with E-state index in [1.165, 1.54) is 0 Å². The molecule has 2 aromatic rings. The predicted octanol–water partition coefficient (Wildman–Crippen LogP) is 2.80. The van der Waals surface area contributed by atoms with Gasteiger partial charge in [0.1, 0.15) is 5.76 Å². The molecule has 0 saturated carbocycles. The van der Waals surface area contributed by atoms with Crippen LogP contribution in [0.4, 0.5) is 5.69 Å². The monoisotopic (exact) mass is 254 g/mol. The van der Waals surface area contributed by atoms with E-state index in [0.29, 0.717) is 5.57 Å². The van der Waals surface area contributed by atoms with E-state index in [4.69, 9.17) is 4.42 Å². The van der Waals surface area contributed by atoms with Crippen LogP contribution in [0.15, 0.2) is 47.2 Å². The van der Waals surface area contributed by atoms with E-state index in [9.17, 15) is 4.79 Å². The number of furan rings is 1. The van der Waals surface area contributed by atoms with Crippen LogP contribution in [0.1, 0.15) is 5.56 Å². The Balaban J connectivity index is 2.06. The number of amides is 1. The Morgan fingerprint density at radius 2 is 2.11 bits per heavy atom. The number of nitrogens with one attached hydrogen (secondary N) is 1. The van der Waals surface area contributed by atoms with Crippen molar-refractivity contribution in [1.82, 2.24) is 4.90 Å². The van der Waals surface area contributed by atoms with Gasteiger partial charge in [0.05, 0.1) is 11.8 Å². The largest absolute Gasteiger partial charge is 0.464 e. The number of carbonyl (C=O) groups is 1. The van der Waals surface area contributed by atoms with Crippen molar-refractivity contribution >= 4 is 17.2 Å². The number of nitrogens with zero attached hydrogens (tertiary/aromatic N) is 1. The van der Waals surface area contributed by atoms with Gasteiger partial charge >= 0.3 is 0 Å². The van der Waals surface area contributed by atoms with Crippen molar-refractivity contribution in [2.75, 3.05) is 19.4 Å². The minimum absolute atomic E-state index is 0.0692.